The minimum atomic E-state index is -0.743. The Morgan fingerprint density at radius 1 is 0.912 bits per heavy atom. The monoisotopic (exact) mass is 924 g/mol. The van der Waals surface area contributed by atoms with E-state index in [-0.39, 0.29) is 57.5 Å². The third-order valence-corrected chi connectivity index (χ3v) is 15.2. The number of hydrogen-bond acceptors (Lipinski definition) is 12. The number of aromatic nitrogens is 5. The number of pyridine rings is 1. The van der Waals surface area contributed by atoms with Gasteiger partial charge in [0.25, 0.3) is 0 Å². The fourth-order valence-electron chi connectivity index (χ4n) is 11.7. The number of benzene rings is 3. The summed E-state index contributed by atoms with van der Waals surface area (Å²) >= 11 is 0. The Morgan fingerprint density at radius 2 is 1.66 bits per heavy atom. The van der Waals surface area contributed by atoms with E-state index in [4.69, 9.17) is 16.1 Å². The van der Waals surface area contributed by atoms with Crippen LogP contribution in [0.1, 0.15) is 69.4 Å². The summed E-state index contributed by atoms with van der Waals surface area (Å²) in [6, 6.07) is 11.4. The standard InChI is InChI=1S/C51H54F2N10O5/c1-3-35-38(52)10-7-31-24-34(64)25-36(43(31)35)45-44(53)46-37(26-54-45)48(62-27-32-8-9-33(28-62)55-32)58-50(57-46)68-22-21-60-17-13-29(14-18-60)23-30-15-19-61(20-16-30)39-5-4-6-40-47(39)59(2)51(67)63(40)41-11-12-42(65)56-49(41)66/h1,4-7,10,24-26,29-30,32-33,41,55,64H,8-9,11-23,27-28H2,2H3,(H,56,65,66). The highest BCUT2D eigenvalue weighted by Gasteiger charge is 2.36. The molecule has 0 spiro atoms. The number of anilines is 2. The van der Waals surface area contributed by atoms with Crippen molar-refractivity contribution in [2.75, 3.05) is 62.2 Å². The fourth-order valence-corrected chi connectivity index (χ4v) is 11.7. The predicted molar refractivity (Wildman–Crippen MR) is 255 cm³/mol. The van der Waals surface area contributed by atoms with Gasteiger partial charge >= 0.3 is 11.7 Å². The second-order valence-corrected chi connectivity index (χ2v) is 19.3. The van der Waals surface area contributed by atoms with E-state index in [0.717, 1.165) is 75.9 Å². The predicted octanol–water partition coefficient (Wildman–Crippen LogP) is 5.78. The van der Waals surface area contributed by atoms with Crippen LogP contribution >= 0.6 is 0 Å². The number of rotatable bonds is 10. The van der Waals surface area contributed by atoms with Crippen molar-refractivity contribution in [2.45, 2.75) is 75.9 Å². The minimum Gasteiger partial charge on any atom is -0.508 e. The van der Waals surface area contributed by atoms with Crippen LogP contribution in [0, 0.1) is 35.8 Å². The van der Waals surface area contributed by atoms with Crippen LogP contribution in [0.25, 0.3) is 44.0 Å². The summed E-state index contributed by atoms with van der Waals surface area (Å²) in [5, 5.41) is 17.9. The Morgan fingerprint density at radius 3 is 2.40 bits per heavy atom. The number of piperazine rings is 1. The van der Waals surface area contributed by atoms with E-state index in [2.05, 4.69) is 47.3 Å². The van der Waals surface area contributed by atoms with Gasteiger partial charge in [-0.3, -0.25) is 33.9 Å². The van der Waals surface area contributed by atoms with Crippen molar-refractivity contribution in [2.24, 2.45) is 18.9 Å². The average molecular weight is 925 g/mol. The number of fused-ring (bicyclic) bond motifs is 5. The lowest BCUT2D eigenvalue weighted by atomic mass is 9.82. The molecule has 0 radical (unpaired) electrons. The lowest BCUT2D eigenvalue weighted by molar-refractivity contribution is -0.135. The van der Waals surface area contributed by atoms with Crippen LogP contribution in [-0.4, -0.2) is 110 Å². The molecule has 0 aliphatic carbocycles. The Labute approximate surface area is 391 Å². The molecule has 11 rings (SSSR count). The number of para-hydroxylation sites is 1. The lowest BCUT2D eigenvalue weighted by Crippen LogP contribution is -2.51. The number of piperidine rings is 3. The van der Waals surface area contributed by atoms with E-state index in [1.165, 1.54) is 30.7 Å². The summed E-state index contributed by atoms with van der Waals surface area (Å²) < 4.78 is 41.5. The number of imide groups is 1. The van der Waals surface area contributed by atoms with Crippen LogP contribution in [-0.2, 0) is 16.6 Å². The van der Waals surface area contributed by atoms with Crippen molar-refractivity contribution >= 4 is 56.0 Å². The SMILES string of the molecule is C#Cc1c(F)ccc2cc(O)cc(-c3ncc4c(N5CC6CCC(C5)N6)nc(OCCN5CCC(CC6CCN(c7cccc8c7n(C)c(=O)n8C7CCC(=O)NC7=O)CC6)CC5)nc4c3F)c12. The van der Waals surface area contributed by atoms with Gasteiger partial charge in [-0.15, -0.1) is 6.42 Å². The molecule has 0 saturated carbocycles. The van der Waals surface area contributed by atoms with E-state index < -0.39 is 23.6 Å². The van der Waals surface area contributed by atoms with E-state index in [9.17, 15) is 23.9 Å². The van der Waals surface area contributed by atoms with Crippen molar-refractivity contribution in [3.63, 3.8) is 0 Å². The highest BCUT2D eigenvalue weighted by Crippen LogP contribution is 2.40. The quantitative estimate of drug-likeness (QED) is 0.112. The van der Waals surface area contributed by atoms with Gasteiger partial charge < -0.3 is 25.0 Å². The summed E-state index contributed by atoms with van der Waals surface area (Å²) in [6.07, 6.45) is 15.4. The first-order valence-corrected chi connectivity index (χ1v) is 23.9. The zero-order chi connectivity index (χ0) is 46.8. The topological polar surface area (TPSA) is 163 Å². The number of phenolic OH excluding ortho intramolecular Hbond substituents is 1. The Balaban J connectivity index is 0.743. The maximum Gasteiger partial charge on any atom is 0.329 e. The molecule has 3 aromatic carbocycles. The van der Waals surface area contributed by atoms with Gasteiger partial charge in [-0.1, -0.05) is 18.1 Å². The smallest absolute Gasteiger partial charge is 0.329 e. The number of likely N-dealkylation sites (tertiary alicyclic amines) is 1. The van der Waals surface area contributed by atoms with E-state index >= 15 is 4.39 Å². The van der Waals surface area contributed by atoms with Crippen molar-refractivity contribution in [1.29, 1.82) is 0 Å². The summed E-state index contributed by atoms with van der Waals surface area (Å²) in [6.45, 7) is 6.04. The van der Waals surface area contributed by atoms with Crippen LogP contribution in [0.4, 0.5) is 20.3 Å². The third kappa shape index (κ3) is 7.96. The van der Waals surface area contributed by atoms with Crippen molar-refractivity contribution in [3.05, 3.63) is 76.3 Å². The van der Waals surface area contributed by atoms with Gasteiger partial charge in [0, 0.05) is 75.4 Å². The zero-order valence-corrected chi connectivity index (χ0v) is 38.0. The fraction of sp³-hybridized carbons (Fsp3) is 0.451. The summed E-state index contributed by atoms with van der Waals surface area (Å²) in [5.41, 5.74) is 2.28. The number of terminal acetylenes is 1. The molecule has 5 aliphatic heterocycles. The van der Waals surface area contributed by atoms with Crippen LogP contribution in [0.3, 0.4) is 0 Å². The van der Waals surface area contributed by atoms with Crippen LogP contribution < -0.4 is 30.9 Å². The van der Waals surface area contributed by atoms with Gasteiger partial charge in [0.2, 0.25) is 11.8 Å². The number of carbonyl (C=O) groups is 2. The first-order valence-electron chi connectivity index (χ1n) is 23.9. The van der Waals surface area contributed by atoms with Crippen LogP contribution in [0.2, 0.25) is 0 Å². The number of aromatic hydroxyl groups is 1. The number of halogens is 2. The number of nitrogens with zero attached hydrogens (tertiary/aromatic N) is 8. The van der Waals surface area contributed by atoms with Gasteiger partial charge in [-0.25, -0.2) is 13.6 Å². The number of phenols is 1. The molecule has 68 heavy (non-hydrogen) atoms. The number of aryl methyl sites for hydroxylation is 1. The first-order chi connectivity index (χ1) is 33.0. The van der Waals surface area contributed by atoms with Gasteiger partial charge in [-0.05, 0) is 112 Å². The molecule has 5 aliphatic rings. The molecule has 3 atom stereocenters. The van der Waals surface area contributed by atoms with Crippen molar-refractivity contribution in [3.8, 4) is 35.4 Å². The molecule has 6 aromatic rings. The largest absolute Gasteiger partial charge is 0.508 e. The molecule has 2 bridgehead atoms. The van der Waals surface area contributed by atoms with E-state index in [1.54, 1.807) is 22.4 Å². The molecule has 3 aromatic heterocycles. The Kier molecular flexibility index (Phi) is 11.5. The van der Waals surface area contributed by atoms with E-state index in [1.807, 2.05) is 12.1 Å². The normalized spacial score (nSPS) is 21.8. The second kappa shape index (κ2) is 17.8. The number of hydrogen-bond donors (Lipinski definition) is 3. The molecule has 352 valence electrons. The summed E-state index contributed by atoms with van der Waals surface area (Å²) in [4.78, 5) is 59.1. The van der Waals surface area contributed by atoms with Crippen LogP contribution in [0.15, 0.2) is 53.5 Å². The van der Waals surface area contributed by atoms with Gasteiger partial charge in [0.1, 0.15) is 41.2 Å². The van der Waals surface area contributed by atoms with Crippen LogP contribution in [0.5, 0.6) is 11.8 Å². The van der Waals surface area contributed by atoms with E-state index in [0.29, 0.717) is 78.7 Å². The molecular formula is C51H54F2N10O5. The molecule has 2 amide bonds. The number of carbonyl (C=O) groups excluding carboxylic acids is 2. The van der Waals surface area contributed by atoms with Gasteiger partial charge in [0.05, 0.1) is 27.7 Å². The summed E-state index contributed by atoms with van der Waals surface area (Å²) in [5.74, 6) is 1.93. The maximum absolute atomic E-state index is 17.0. The number of imidazole rings is 1. The minimum absolute atomic E-state index is 0.0224. The Hall–Kier alpha value is -6.64. The molecule has 3 unspecified atom stereocenters. The van der Waals surface area contributed by atoms with Crippen molar-refractivity contribution < 1.29 is 28.2 Å². The number of ether oxygens (including phenoxy) is 1. The molecule has 8 heterocycles. The molecule has 3 N–H and O–H groups in total. The highest BCUT2D eigenvalue weighted by atomic mass is 19.1. The molecular weight excluding hydrogens is 871 g/mol. The highest BCUT2D eigenvalue weighted by molar-refractivity contribution is 6.03. The zero-order valence-electron chi connectivity index (χ0n) is 38.0. The first kappa shape index (κ1) is 43.9. The number of amides is 2. The van der Waals surface area contributed by atoms with Gasteiger partial charge in [-0.2, -0.15) is 9.97 Å². The molecule has 17 heteroatoms. The van der Waals surface area contributed by atoms with Gasteiger partial charge in [0.15, 0.2) is 5.82 Å². The van der Waals surface area contributed by atoms with Crippen molar-refractivity contribution in [1.82, 2.24) is 39.6 Å². The third-order valence-electron chi connectivity index (χ3n) is 15.2. The average Bonchev–Trinajstić information content (AvgIpc) is 3.81. The molecule has 5 fully saturated rings. The summed E-state index contributed by atoms with van der Waals surface area (Å²) in [7, 11) is 1.75. The molecule has 15 nitrogen and oxygen atoms in total. The Bertz CT molecular complexity index is 3080. The lowest BCUT2D eigenvalue weighted by Gasteiger charge is -2.37. The maximum atomic E-state index is 17.0. The second-order valence-electron chi connectivity index (χ2n) is 19.3. The molecule has 5 saturated heterocycles. The number of nitrogens with one attached hydrogen (secondary N) is 2.